The number of hydrogen-bond donors (Lipinski definition) is 2. The Bertz CT molecular complexity index is 750. The molecule has 0 unspecified atom stereocenters. The van der Waals surface area contributed by atoms with Gasteiger partial charge in [-0.3, -0.25) is 4.79 Å². The van der Waals surface area contributed by atoms with Crippen LogP contribution in [0.2, 0.25) is 0 Å². The maximum absolute atomic E-state index is 12.7. The lowest BCUT2D eigenvalue weighted by Crippen LogP contribution is -3.13. The number of hydrogen-bond acceptors (Lipinski definition) is 3. The lowest BCUT2D eigenvalue weighted by atomic mass is 10.0. The van der Waals surface area contributed by atoms with Crippen molar-refractivity contribution in [3.63, 3.8) is 0 Å². The molecule has 0 radical (unpaired) electrons. The number of aryl methyl sites for hydroxylation is 1. The van der Waals surface area contributed by atoms with Crippen molar-refractivity contribution in [1.29, 1.82) is 0 Å². The first-order chi connectivity index (χ1) is 14.0. The van der Waals surface area contributed by atoms with E-state index in [0.29, 0.717) is 36.9 Å². The molecule has 1 aromatic rings. The van der Waals surface area contributed by atoms with Gasteiger partial charge in [0.1, 0.15) is 0 Å². The van der Waals surface area contributed by atoms with E-state index in [2.05, 4.69) is 12.2 Å². The summed E-state index contributed by atoms with van der Waals surface area (Å²) in [7, 11) is -3.39. The van der Waals surface area contributed by atoms with E-state index in [9.17, 15) is 13.2 Å². The number of carbonyl (C=O) groups is 1. The summed E-state index contributed by atoms with van der Waals surface area (Å²) in [6, 6.07) is 7.36. The molecule has 2 fully saturated rings. The molecule has 1 amide bonds. The van der Waals surface area contributed by atoms with Crippen molar-refractivity contribution in [2.45, 2.75) is 69.2 Å². The van der Waals surface area contributed by atoms with Crippen LogP contribution in [0, 0.1) is 0 Å². The predicted octanol–water partition coefficient (Wildman–Crippen LogP) is 1.37. The number of benzene rings is 1. The van der Waals surface area contributed by atoms with Crippen molar-refractivity contribution in [1.82, 2.24) is 9.62 Å². The number of likely N-dealkylation sites (tertiary alicyclic amines) is 1. The van der Waals surface area contributed by atoms with Gasteiger partial charge in [0.2, 0.25) is 15.9 Å². The van der Waals surface area contributed by atoms with Gasteiger partial charge in [-0.15, -0.1) is 0 Å². The topological polar surface area (TPSA) is 70.9 Å². The monoisotopic (exact) mass is 422 g/mol. The third-order valence-corrected chi connectivity index (χ3v) is 8.09. The van der Waals surface area contributed by atoms with Crippen molar-refractivity contribution in [2.75, 3.05) is 32.7 Å². The second kappa shape index (κ2) is 10.5. The second-order valence-corrected chi connectivity index (χ2v) is 10.4. The molecule has 1 aromatic carbocycles. The summed E-state index contributed by atoms with van der Waals surface area (Å²) < 4.78 is 27.0. The Morgan fingerprint density at radius 1 is 1.10 bits per heavy atom. The Kier molecular flexibility index (Phi) is 8.09. The van der Waals surface area contributed by atoms with E-state index in [-0.39, 0.29) is 5.91 Å². The average molecular weight is 423 g/mol. The molecule has 7 heteroatoms. The van der Waals surface area contributed by atoms with Crippen molar-refractivity contribution >= 4 is 15.9 Å². The number of quaternary nitrogens is 1. The van der Waals surface area contributed by atoms with E-state index in [4.69, 9.17) is 0 Å². The molecule has 3 rings (SSSR count). The fraction of sp³-hybridized carbons (Fsp3) is 0.682. The first-order valence-corrected chi connectivity index (χ1v) is 12.6. The molecule has 0 spiro atoms. The first-order valence-electron chi connectivity index (χ1n) is 11.2. The van der Waals surface area contributed by atoms with E-state index >= 15 is 0 Å². The molecule has 0 saturated carbocycles. The lowest BCUT2D eigenvalue weighted by molar-refractivity contribution is -0.905. The Balaban J connectivity index is 1.44. The summed E-state index contributed by atoms with van der Waals surface area (Å²) in [6.45, 7) is 6.96. The minimum atomic E-state index is -3.39. The average Bonchev–Trinajstić information content (AvgIpc) is 2.75. The van der Waals surface area contributed by atoms with E-state index in [1.54, 1.807) is 21.3 Å². The zero-order chi connectivity index (χ0) is 20.7. The van der Waals surface area contributed by atoms with Crippen LogP contribution in [0.25, 0.3) is 0 Å². The summed E-state index contributed by atoms with van der Waals surface area (Å²) in [5, 5.41) is 3.18. The number of rotatable bonds is 8. The molecule has 162 valence electrons. The Labute approximate surface area is 175 Å². The zero-order valence-corrected chi connectivity index (χ0v) is 18.5. The van der Waals surface area contributed by atoms with Crippen molar-refractivity contribution in [3.05, 3.63) is 29.8 Å². The Hall–Kier alpha value is -1.44. The first kappa shape index (κ1) is 22.2. The van der Waals surface area contributed by atoms with E-state index in [0.717, 1.165) is 50.8 Å². The van der Waals surface area contributed by atoms with Crippen LogP contribution in [0.15, 0.2) is 29.2 Å². The second-order valence-electron chi connectivity index (χ2n) is 8.45. The highest BCUT2D eigenvalue weighted by Crippen LogP contribution is 2.21. The Morgan fingerprint density at radius 3 is 2.38 bits per heavy atom. The molecule has 2 aliphatic heterocycles. The molecule has 0 aliphatic carbocycles. The zero-order valence-electron chi connectivity index (χ0n) is 17.7. The highest BCUT2D eigenvalue weighted by atomic mass is 32.2. The fourth-order valence-corrected chi connectivity index (χ4v) is 5.93. The van der Waals surface area contributed by atoms with Crippen LogP contribution in [-0.4, -0.2) is 57.4 Å². The maximum atomic E-state index is 12.7. The third-order valence-electron chi connectivity index (χ3n) is 6.18. The largest absolute Gasteiger partial charge is 0.353 e. The molecular formula is C22H36N3O3S+. The molecule has 0 bridgehead atoms. The number of amides is 1. The van der Waals surface area contributed by atoms with Crippen molar-refractivity contribution in [3.8, 4) is 0 Å². The summed E-state index contributed by atoms with van der Waals surface area (Å²) in [5.74, 6) is 0.0963. The molecule has 2 heterocycles. The molecule has 2 N–H and O–H groups in total. The highest BCUT2D eigenvalue weighted by Gasteiger charge is 2.26. The van der Waals surface area contributed by atoms with Gasteiger partial charge >= 0.3 is 0 Å². The number of nitrogens with one attached hydrogen (secondary N) is 2. The van der Waals surface area contributed by atoms with Crippen molar-refractivity contribution < 1.29 is 18.1 Å². The van der Waals surface area contributed by atoms with Gasteiger partial charge in [-0.05, 0) is 43.4 Å². The van der Waals surface area contributed by atoms with Crippen LogP contribution < -0.4 is 10.2 Å². The molecule has 2 aliphatic rings. The number of carbonyl (C=O) groups excluding carboxylic acids is 1. The highest BCUT2D eigenvalue weighted by molar-refractivity contribution is 7.89. The van der Waals surface area contributed by atoms with Gasteiger partial charge in [-0.25, -0.2) is 8.42 Å². The minimum absolute atomic E-state index is 0.0963. The van der Waals surface area contributed by atoms with Crippen molar-refractivity contribution in [2.24, 2.45) is 0 Å². The fourth-order valence-electron chi connectivity index (χ4n) is 4.41. The third kappa shape index (κ3) is 6.27. The molecule has 29 heavy (non-hydrogen) atoms. The molecule has 0 aromatic heterocycles. The quantitative estimate of drug-likeness (QED) is 0.665. The normalized spacial score (nSPS) is 23.6. The van der Waals surface area contributed by atoms with Crippen LogP contribution >= 0.6 is 0 Å². The number of nitrogens with zero attached hydrogens (tertiary/aromatic N) is 1. The van der Waals surface area contributed by atoms with E-state index in [1.807, 2.05) is 12.1 Å². The predicted molar refractivity (Wildman–Crippen MR) is 114 cm³/mol. The Morgan fingerprint density at radius 2 is 1.76 bits per heavy atom. The standard InChI is InChI=1S/C22H35N3O3S/c1-2-14-24-17-12-20(13-18-24)23-22(26)11-8-19-6-9-21(10-7-19)29(27,28)25-15-4-3-5-16-25/h6-7,9-10,20H,2-5,8,11-18H2,1H3,(H,23,26)/p+1. The van der Waals surface area contributed by atoms with Crippen LogP contribution in [0.3, 0.4) is 0 Å². The maximum Gasteiger partial charge on any atom is 0.243 e. The lowest BCUT2D eigenvalue weighted by Gasteiger charge is -2.29. The SMILES string of the molecule is CCC[NH+]1CCC(NC(=O)CCc2ccc(S(=O)(=O)N3CCCCC3)cc2)CC1. The summed E-state index contributed by atoms with van der Waals surface area (Å²) in [4.78, 5) is 14.3. The smallest absolute Gasteiger partial charge is 0.243 e. The van der Waals surface area contributed by atoms with Crippen LogP contribution in [0.5, 0.6) is 0 Å². The number of sulfonamides is 1. The summed E-state index contributed by atoms with van der Waals surface area (Å²) in [6.07, 6.45) is 7.39. The van der Waals surface area contributed by atoms with E-state index < -0.39 is 10.0 Å². The summed E-state index contributed by atoms with van der Waals surface area (Å²) in [5.41, 5.74) is 1.000. The van der Waals surface area contributed by atoms with Gasteiger partial charge in [-0.1, -0.05) is 25.5 Å². The van der Waals surface area contributed by atoms with Crippen LogP contribution in [0.1, 0.15) is 57.4 Å². The van der Waals surface area contributed by atoms with Crippen LogP contribution in [0.4, 0.5) is 0 Å². The number of piperidine rings is 2. The van der Waals surface area contributed by atoms with Gasteiger partial charge in [0.25, 0.3) is 0 Å². The van der Waals surface area contributed by atoms with Crippen LogP contribution in [-0.2, 0) is 21.2 Å². The van der Waals surface area contributed by atoms with Gasteiger partial charge in [0.15, 0.2) is 0 Å². The molecular weight excluding hydrogens is 386 g/mol. The van der Waals surface area contributed by atoms with Gasteiger partial charge in [0.05, 0.1) is 24.5 Å². The van der Waals surface area contributed by atoms with Gasteiger partial charge in [0, 0.05) is 38.4 Å². The van der Waals surface area contributed by atoms with E-state index in [1.165, 1.54) is 13.0 Å². The molecule has 0 atom stereocenters. The van der Waals surface area contributed by atoms with Gasteiger partial charge < -0.3 is 10.2 Å². The molecule has 2 saturated heterocycles. The minimum Gasteiger partial charge on any atom is -0.353 e. The van der Waals surface area contributed by atoms with Gasteiger partial charge in [-0.2, -0.15) is 4.31 Å². The molecule has 6 nitrogen and oxygen atoms in total. The summed E-state index contributed by atoms with van der Waals surface area (Å²) >= 11 is 0.